The summed E-state index contributed by atoms with van der Waals surface area (Å²) in [6, 6.07) is 11.9. The van der Waals surface area contributed by atoms with Gasteiger partial charge < -0.3 is 5.11 Å². The number of carboxylic acids is 1. The summed E-state index contributed by atoms with van der Waals surface area (Å²) in [5.74, 6) is -0.774. The molecule has 92 valence electrons. The van der Waals surface area contributed by atoms with E-state index in [1.165, 1.54) is 5.56 Å². The molecule has 1 N–H and O–H groups in total. The number of aliphatic carboxylic acids is 1. The third-order valence-electron chi connectivity index (χ3n) is 2.87. The van der Waals surface area contributed by atoms with Gasteiger partial charge >= 0.3 is 5.97 Å². The second kappa shape index (κ2) is 5.45. The molecule has 0 aliphatic heterocycles. The molecule has 0 bridgehead atoms. The normalized spacial score (nSPS) is 10.3. The first-order chi connectivity index (χ1) is 8.66. The molecular formula is C15H15NO2. The van der Waals surface area contributed by atoms with Crippen LogP contribution in [0.2, 0.25) is 0 Å². The standard InChI is InChI=1S/C15H15NO2/c1-11-4-2-3-5-13(11)14-10-12(8-9-16-14)6-7-15(17)18/h2-5,8-10H,6-7H2,1H3,(H,17,18). The Labute approximate surface area is 106 Å². The molecule has 0 aliphatic rings. The molecule has 0 fully saturated rings. The smallest absolute Gasteiger partial charge is 0.303 e. The molecule has 2 rings (SSSR count). The summed E-state index contributed by atoms with van der Waals surface area (Å²) in [4.78, 5) is 14.9. The van der Waals surface area contributed by atoms with Crippen LogP contribution in [0.1, 0.15) is 17.5 Å². The summed E-state index contributed by atoms with van der Waals surface area (Å²) >= 11 is 0. The second-order valence-electron chi connectivity index (χ2n) is 4.26. The summed E-state index contributed by atoms with van der Waals surface area (Å²) in [6.07, 6.45) is 2.42. The van der Waals surface area contributed by atoms with Gasteiger partial charge in [0.25, 0.3) is 0 Å². The molecule has 0 amide bonds. The van der Waals surface area contributed by atoms with Crippen molar-refractivity contribution in [2.45, 2.75) is 19.8 Å². The molecule has 2 aromatic rings. The minimum atomic E-state index is -0.774. The van der Waals surface area contributed by atoms with Gasteiger partial charge in [-0.15, -0.1) is 0 Å². The van der Waals surface area contributed by atoms with Gasteiger partial charge in [-0.2, -0.15) is 0 Å². The zero-order chi connectivity index (χ0) is 13.0. The molecule has 18 heavy (non-hydrogen) atoms. The Bertz CT molecular complexity index is 564. The molecule has 0 spiro atoms. The van der Waals surface area contributed by atoms with Gasteiger partial charge in [0, 0.05) is 18.2 Å². The minimum absolute atomic E-state index is 0.150. The van der Waals surface area contributed by atoms with E-state index in [9.17, 15) is 4.79 Å². The van der Waals surface area contributed by atoms with Gasteiger partial charge in [0.05, 0.1) is 5.69 Å². The molecular weight excluding hydrogens is 226 g/mol. The molecule has 0 atom stereocenters. The van der Waals surface area contributed by atoms with Crippen molar-refractivity contribution in [3.63, 3.8) is 0 Å². The Morgan fingerprint density at radius 2 is 2.06 bits per heavy atom. The third kappa shape index (κ3) is 2.94. The fourth-order valence-corrected chi connectivity index (χ4v) is 1.89. The first-order valence-corrected chi connectivity index (χ1v) is 5.89. The zero-order valence-corrected chi connectivity index (χ0v) is 10.3. The number of aromatic nitrogens is 1. The number of hydrogen-bond acceptors (Lipinski definition) is 2. The zero-order valence-electron chi connectivity index (χ0n) is 10.3. The van der Waals surface area contributed by atoms with E-state index in [2.05, 4.69) is 4.98 Å². The number of carboxylic acid groups (broad SMARTS) is 1. The van der Waals surface area contributed by atoms with Gasteiger partial charge in [-0.05, 0) is 36.6 Å². The molecule has 0 unspecified atom stereocenters. The van der Waals surface area contributed by atoms with Gasteiger partial charge in [-0.1, -0.05) is 24.3 Å². The lowest BCUT2D eigenvalue weighted by Gasteiger charge is -2.06. The van der Waals surface area contributed by atoms with Crippen molar-refractivity contribution in [1.82, 2.24) is 4.98 Å². The number of hydrogen-bond donors (Lipinski definition) is 1. The van der Waals surface area contributed by atoms with Crippen molar-refractivity contribution in [3.8, 4) is 11.3 Å². The van der Waals surface area contributed by atoms with E-state index in [0.29, 0.717) is 6.42 Å². The fraction of sp³-hybridized carbons (Fsp3) is 0.200. The highest BCUT2D eigenvalue weighted by atomic mass is 16.4. The van der Waals surface area contributed by atoms with Crippen LogP contribution in [0.5, 0.6) is 0 Å². The molecule has 0 saturated heterocycles. The highest BCUT2D eigenvalue weighted by Gasteiger charge is 2.04. The Kier molecular flexibility index (Phi) is 3.72. The first-order valence-electron chi connectivity index (χ1n) is 5.89. The van der Waals surface area contributed by atoms with Crippen molar-refractivity contribution < 1.29 is 9.90 Å². The van der Waals surface area contributed by atoms with Gasteiger partial charge in [-0.25, -0.2) is 0 Å². The average molecular weight is 241 g/mol. The molecule has 1 aromatic carbocycles. The molecule has 3 nitrogen and oxygen atoms in total. The molecule has 0 saturated carbocycles. The maximum Gasteiger partial charge on any atom is 0.303 e. The third-order valence-corrected chi connectivity index (χ3v) is 2.87. The van der Waals surface area contributed by atoms with Crippen molar-refractivity contribution >= 4 is 5.97 Å². The molecule has 3 heteroatoms. The van der Waals surface area contributed by atoms with Crippen molar-refractivity contribution in [2.24, 2.45) is 0 Å². The van der Waals surface area contributed by atoms with E-state index in [4.69, 9.17) is 5.11 Å². The highest BCUT2D eigenvalue weighted by Crippen LogP contribution is 2.21. The molecule has 0 radical (unpaired) electrons. The van der Waals surface area contributed by atoms with Crippen LogP contribution in [0.25, 0.3) is 11.3 Å². The lowest BCUT2D eigenvalue weighted by molar-refractivity contribution is -0.136. The number of rotatable bonds is 4. The van der Waals surface area contributed by atoms with Gasteiger partial charge in [0.1, 0.15) is 0 Å². The highest BCUT2D eigenvalue weighted by molar-refractivity contribution is 5.67. The van der Waals surface area contributed by atoms with Crippen LogP contribution in [0.15, 0.2) is 42.6 Å². The Morgan fingerprint density at radius 1 is 1.28 bits per heavy atom. The lowest BCUT2D eigenvalue weighted by atomic mass is 10.0. The quantitative estimate of drug-likeness (QED) is 0.894. The van der Waals surface area contributed by atoms with Crippen molar-refractivity contribution in [3.05, 3.63) is 53.7 Å². The van der Waals surface area contributed by atoms with E-state index in [1.54, 1.807) is 6.20 Å². The Hall–Kier alpha value is -2.16. The topological polar surface area (TPSA) is 50.2 Å². The van der Waals surface area contributed by atoms with E-state index in [0.717, 1.165) is 16.8 Å². The van der Waals surface area contributed by atoms with Crippen LogP contribution < -0.4 is 0 Å². The van der Waals surface area contributed by atoms with Crippen LogP contribution in [-0.2, 0) is 11.2 Å². The monoisotopic (exact) mass is 241 g/mol. The largest absolute Gasteiger partial charge is 0.481 e. The summed E-state index contributed by atoms with van der Waals surface area (Å²) < 4.78 is 0. The molecule has 1 heterocycles. The van der Waals surface area contributed by atoms with Crippen LogP contribution in [0.4, 0.5) is 0 Å². The average Bonchev–Trinajstić information content (AvgIpc) is 2.37. The fourth-order valence-electron chi connectivity index (χ4n) is 1.89. The van der Waals surface area contributed by atoms with Crippen molar-refractivity contribution in [2.75, 3.05) is 0 Å². The lowest BCUT2D eigenvalue weighted by Crippen LogP contribution is -1.98. The molecule has 1 aromatic heterocycles. The predicted molar refractivity (Wildman–Crippen MR) is 70.4 cm³/mol. The van der Waals surface area contributed by atoms with Crippen LogP contribution in [0.3, 0.4) is 0 Å². The van der Waals surface area contributed by atoms with Crippen LogP contribution >= 0.6 is 0 Å². The van der Waals surface area contributed by atoms with E-state index >= 15 is 0 Å². The number of nitrogens with zero attached hydrogens (tertiary/aromatic N) is 1. The van der Waals surface area contributed by atoms with E-state index < -0.39 is 5.97 Å². The Morgan fingerprint density at radius 3 is 2.78 bits per heavy atom. The van der Waals surface area contributed by atoms with Crippen LogP contribution in [-0.4, -0.2) is 16.1 Å². The second-order valence-corrected chi connectivity index (χ2v) is 4.26. The maximum atomic E-state index is 10.6. The van der Waals surface area contributed by atoms with Crippen LogP contribution in [0, 0.1) is 6.92 Å². The summed E-state index contributed by atoms with van der Waals surface area (Å²) in [5.41, 5.74) is 4.16. The first kappa shape index (κ1) is 12.3. The summed E-state index contributed by atoms with van der Waals surface area (Å²) in [7, 11) is 0. The summed E-state index contributed by atoms with van der Waals surface area (Å²) in [6.45, 7) is 2.04. The van der Waals surface area contributed by atoms with Gasteiger partial charge in [0.2, 0.25) is 0 Å². The Balaban J connectivity index is 2.27. The SMILES string of the molecule is Cc1ccccc1-c1cc(CCC(=O)O)ccn1. The molecule has 0 aliphatic carbocycles. The van der Waals surface area contributed by atoms with E-state index in [-0.39, 0.29) is 6.42 Å². The van der Waals surface area contributed by atoms with Gasteiger partial charge in [0.15, 0.2) is 0 Å². The van der Waals surface area contributed by atoms with Crippen molar-refractivity contribution in [1.29, 1.82) is 0 Å². The maximum absolute atomic E-state index is 10.6. The number of pyridine rings is 1. The number of carbonyl (C=O) groups is 1. The minimum Gasteiger partial charge on any atom is -0.481 e. The number of aryl methyl sites for hydroxylation is 2. The summed E-state index contributed by atoms with van der Waals surface area (Å²) in [5, 5.41) is 8.69. The van der Waals surface area contributed by atoms with E-state index in [1.807, 2.05) is 43.3 Å². The number of benzene rings is 1. The van der Waals surface area contributed by atoms with Gasteiger partial charge in [-0.3, -0.25) is 9.78 Å². The predicted octanol–water partition coefficient (Wildman–Crippen LogP) is 3.07.